The average molecular weight is 297 g/mol. The van der Waals surface area contributed by atoms with Crippen molar-refractivity contribution in [1.82, 2.24) is 20.4 Å². The normalized spacial score (nSPS) is 18.0. The van der Waals surface area contributed by atoms with E-state index >= 15 is 0 Å². The molecule has 1 rings (SSSR count). The number of unbranched alkanes of at least 4 members (excludes halogenated alkanes) is 3. The fourth-order valence-corrected chi connectivity index (χ4v) is 2.64. The van der Waals surface area contributed by atoms with Gasteiger partial charge in [-0.3, -0.25) is 9.89 Å². The van der Waals surface area contributed by atoms with E-state index in [-0.39, 0.29) is 0 Å². The minimum absolute atomic E-state index is 0.943. The molecule has 5 heteroatoms. The van der Waals surface area contributed by atoms with Crippen LogP contribution in [0.5, 0.6) is 0 Å². The smallest absolute Gasteiger partial charge is 0.191 e. The maximum absolute atomic E-state index is 4.28. The third-order valence-corrected chi connectivity index (χ3v) is 4.18. The van der Waals surface area contributed by atoms with Crippen LogP contribution in [0.3, 0.4) is 0 Å². The number of aliphatic imine (C=N–C) groups is 1. The molecule has 0 aromatic rings. The Morgan fingerprint density at radius 1 is 0.905 bits per heavy atom. The Hall–Kier alpha value is -0.810. The summed E-state index contributed by atoms with van der Waals surface area (Å²) in [6.45, 7) is 13.6. The number of piperazine rings is 1. The van der Waals surface area contributed by atoms with Crippen molar-refractivity contribution in [2.24, 2.45) is 4.99 Å². The minimum Gasteiger partial charge on any atom is -0.356 e. The van der Waals surface area contributed by atoms with Gasteiger partial charge in [-0.1, -0.05) is 33.1 Å². The quantitative estimate of drug-likeness (QED) is 0.383. The molecule has 0 atom stereocenters. The van der Waals surface area contributed by atoms with Gasteiger partial charge < -0.3 is 15.5 Å². The van der Waals surface area contributed by atoms with E-state index in [4.69, 9.17) is 0 Å². The van der Waals surface area contributed by atoms with Crippen molar-refractivity contribution >= 4 is 5.96 Å². The van der Waals surface area contributed by atoms with Crippen LogP contribution in [0.2, 0.25) is 0 Å². The minimum atomic E-state index is 0.943. The Morgan fingerprint density at radius 2 is 1.57 bits per heavy atom. The first-order valence-electron chi connectivity index (χ1n) is 8.69. The fraction of sp³-hybridized carbons (Fsp3) is 0.938. The van der Waals surface area contributed by atoms with E-state index in [0.717, 1.165) is 25.6 Å². The molecule has 0 aromatic heterocycles. The van der Waals surface area contributed by atoms with Crippen molar-refractivity contribution in [3.8, 4) is 0 Å². The van der Waals surface area contributed by atoms with Gasteiger partial charge in [0.25, 0.3) is 0 Å². The van der Waals surface area contributed by atoms with Gasteiger partial charge in [-0.05, 0) is 13.0 Å². The Balaban J connectivity index is 2.04. The van der Waals surface area contributed by atoms with E-state index in [2.05, 4.69) is 39.3 Å². The zero-order valence-corrected chi connectivity index (χ0v) is 14.3. The predicted octanol–water partition coefficient (Wildman–Crippen LogP) is 1.37. The molecule has 1 aliphatic rings. The molecular formula is C16H35N5. The van der Waals surface area contributed by atoms with Crippen LogP contribution in [0, 0.1) is 0 Å². The Bertz CT molecular complexity index is 272. The van der Waals surface area contributed by atoms with Gasteiger partial charge in [-0.2, -0.15) is 0 Å². The molecule has 0 amide bonds. The summed E-state index contributed by atoms with van der Waals surface area (Å²) in [6.07, 6.45) is 5.16. The summed E-state index contributed by atoms with van der Waals surface area (Å²) >= 11 is 0. The molecule has 5 nitrogen and oxygen atoms in total. The monoisotopic (exact) mass is 297 g/mol. The molecule has 0 saturated carbocycles. The number of hydrogen-bond donors (Lipinski definition) is 2. The van der Waals surface area contributed by atoms with Crippen molar-refractivity contribution in [2.75, 3.05) is 59.4 Å². The third kappa shape index (κ3) is 8.27. The van der Waals surface area contributed by atoms with Crippen molar-refractivity contribution in [1.29, 1.82) is 0 Å². The SMILES string of the molecule is CCCCCCNC(=NC)NCCN1CCN(CC)CC1. The van der Waals surface area contributed by atoms with Gasteiger partial charge >= 0.3 is 0 Å². The lowest BCUT2D eigenvalue weighted by Crippen LogP contribution is -2.49. The maximum atomic E-state index is 4.28. The summed E-state index contributed by atoms with van der Waals surface area (Å²) in [5, 5.41) is 6.81. The van der Waals surface area contributed by atoms with Gasteiger partial charge in [0.2, 0.25) is 0 Å². The van der Waals surface area contributed by atoms with Crippen LogP contribution in [0.15, 0.2) is 4.99 Å². The lowest BCUT2D eigenvalue weighted by atomic mass is 10.2. The number of likely N-dealkylation sites (N-methyl/N-ethyl adjacent to an activating group) is 1. The molecule has 1 saturated heterocycles. The number of nitrogens with one attached hydrogen (secondary N) is 2. The van der Waals surface area contributed by atoms with E-state index in [1.165, 1.54) is 58.4 Å². The van der Waals surface area contributed by atoms with Crippen LogP contribution >= 0.6 is 0 Å². The Morgan fingerprint density at radius 3 is 2.19 bits per heavy atom. The number of hydrogen-bond acceptors (Lipinski definition) is 3. The first-order valence-corrected chi connectivity index (χ1v) is 8.69. The zero-order chi connectivity index (χ0) is 15.3. The highest BCUT2D eigenvalue weighted by atomic mass is 15.3. The van der Waals surface area contributed by atoms with E-state index in [0.29, 0.717) is 0 Å². The lowest BCUT2D eigenvalue weighted by Gasteiger charge is -2.34. The first-order chi connectivity index (χ1) is 10.3. The van der Waals surface area contributed by atoms with Crippen LogP contribution in [-0.4, -0.2) is 75.2 Å². The fourth-order valence-electron chi connectivity index (χ4n) is 2.64. The summed E-state index contributed by atoms with van der Waals surface area (Å²) in [5.74, 6) is 0.943. The van der Waals surface area contributed by atoms with Crippen molar-refractivity contribution in [3.63, 3.8) is 0 Å². The van der Waals surface area contributed by atoms with Crippen LogP contribution in [0.4, 0.5) is 0 Å². The highest BCUT2D eigenvalue weighted by Crippen LogP contribution is 2.00. The predicted molar refractivity (Wildman–Crippen MR) is 92.1 cm³/mol. The van der Waals surface area contributed by atoms with Gasteiger partial charge in [0.15, 0.2) is 5.96 Å². The standard InChI is InChI=1S/C16H35N5/c1-4-6-7-8-9-18-16(17-3)19-10-11-21-14-12-20(5-2)13-15-21/h4-15H2,1-3H3,(H2,17,18,19). The Labute approximate surface area is 131 Å². The summed E-state index contributed by atoms with van der Waals surface area (Å²) in [5.41, 5.74) is 0. The van der Waals surface area contributed by atoms with Crippen molar-refractivity contribution in [2.45, 2.75) is 39.5 Å². The largest absolute Gasteiger partial charge is 0.356 e. The maximum Gasteiger partial charge on any atom is 0.191 e. The molecule has 124 valence electrons. The molecular weight excluding hydrogens is 262 g/mol. The number of nitrogens with zero attached hydrogens (tertiary/aromatic N) is 3. The molecule has 1 aliphatic heterocycles. The van der Waals surface area contributed by atoms with Crippen molar-refractivity contribution in [3.05, 3.63) is 0 Å². The molecule has 0 spiro atoms. The summed E-state index contributed by atoms with van der Waals surface area (Å²) in [4.78, 5) is 9.33. The second kappa shape index (κ2) is 11.8. The van der Waals surface area contributed by atoms with Gasteiger partial charge in [0, 0.05) is 52.9 Å². The molecule has 21 heavy (non-hydrogen) atoms. The second-order valence-electron chi connectivity index (χ2n) is 5.76. The molecule has 0 aliphatic carbocycles. The highest BCUT2D eigenvalue weighted by Gasteiger charge is 2.14. The van der Waals surface area contributed by atoms with E-state index in [1.807, 2.05) is 7.05 Å². The molecule has 0 unspecified atom stereocenters. The van der Waals surface area contributed by atoms with Crippen LogP contribution in [0.25, 0.3) is 0 Å². The first kappa shape index (κ1) is 18.2. The van der Waals surface area contributed by atoms with Gasteiger partial charge in [-0.25, -0.2) is 0 Å². The summed E-state index contributed by atoms with van der Waals surface area (Å²) < 4.78 is 0. The summed E-state index contributed by atoms with van der Waals surface area (Å²) in [7, 11) is 1.85. The molecule has 1 heterocycles. The van der Waals surface area contributed by atoms with E-state index in [1.54, 1.807) is 0 Å². The van der Waals surface area contributed by atoms with E-state index < -0.39 is 0 Å². The Kier molecular flexibility index (Phi) is 10.3. The van der Waals surface area contributed by atoms with Crippen LogP contribution in [-0.2, 0) is 0 Å². The number of rotatable bonds is 9. The van der Waals surface area contributed by atoms with Crippen LogP contribution < -0.4 is 10.6 Å². The third-order valence-electron chi connectivity index (χ3n) is 4.18. The number of guanidine groups is 1. The van der Waals surface area contributed by atoms with Gasteiger partial charge in [0.1, 0.15) is 0 Å². The van der Waals surface area contributed by atoms with Gasteiger partial charge in [0.05, 0.1) is 0 Å². The zero-order valence-electron chi connectivity index (χ0n) is 14.3. The van der Waals surface area contributed by atoms with Crippen molar-refractivity contribution < 1.29 is 0 Å². The molecule has 0 radical (unpaired) electrons. The molecule has 1 fully saturated rings. The molecule has 0 bridgehead atoms. The van der Waals surface area contributed by atoms with Crippen LogP contribution in [0.1, 0.15) is 39.5 Å². The second-order valence-corrected chi connectivity index (χ2v) is 5.76. The molecule has 2 N–H and O–H groups in total. The topological polar surface area (TPSA) is 42.9 Å². The highest BCUT2D eigenvalue weighted by molar-refractivity contribution is 5.79. The van der Waals surface area contributed by atoms with E-state index in [9.17, 15) is 0 Å². The van der Waals surface area contributed by atoms with Gasteiger partial charge in [-0.15, -0.1) is 0 Å². The average Bonchev–Trinajstić information content (AvgIpc) is 2.53. The lowest BCUT2D eigenvalue weighted by molar-refractivity contribution is 0.139. The molecule has 0 aromatic carbocycles. The summed E-state index contributed by atoms with van der Waals surface area (Å²) in [6, 6.07) is 0.